The summed E-state index contributed by atoms with van der Waals surface area (Å²) < 4.78 is 12.5. The number of hydrogen-bond donors (Lipinski definition) is 1. The molecule has 29 heavy (non-hydrogen) atoms. The fourth-order valence-corrected chi connectivity index (χ4v) is 5.73. The second-order valence-electron chi connectivity index (χ2n) is 6.39. The minimum atomic E-state index is 0.627. The van der Waals surface area contributed by atoms with Crippen molar-refractivity contribution in [2.75, 3.05) is 14.2 Å². The summed E-state index contributed by atoms with van der Waals surface area (Å²) in [6.07, 6.45) is 0. The van der Waals surface area contributed by atoms with Gasteiger partial charge >= 0.3 is 0 Å². The molecule has 0 radical (unpaired) electrons. The van der Waals surface area contributed by atoms with Gasteiger partial charge < -0.3 is 14.5 Å². The van der Waals surface area contributed by atoms with E-state index in [4.69, 9.17) is 37.7 Å². The first-order chi connectivity index (χ1) is 13.9. The van der Waals surface area contributed by atoms with E-state index < -0.39 is 0 Å². The first-order valence-corrected chi connectivity index (χ1v) is 11.2. The second-order valence-corrected chi connectivity index (χ2v) is 10.2. The standard InChI is InChI=1S/C21H18Cl2N2O2S2/c1-10-13(8-16(22)28-10)18-19(14-9-17(23)29-11(14)2)25-21(24-18)12-6-5-7-15(26-3)20(12)27-4/h5-9H,1-4H3,(H,24,25). The van der Waals surface area contributed by atoms with Crippen LogP contribution < -0.4 is 9.47 Å². The van der Waals surface area contributed by atoms with Gasteiger partial charge in [0.1, 0.15) is 5.82 Å². The van der Waals surface area contributed by atoms with E-state index in [1.54, 1.807) is 25.6 Å². The van der Waals surface area contributed by atoms with Crippen molar-refractivity contribution in [1.29, 1.82) is 0 Å². The maximum Gasteiger partial charge on any atom is 0.171 e. The molecule has 0 aliphatic heterocycles. The van der Waals surface area contributed by atoms with E-state index in [1.165, 1.54) is 11.3 Å². The number of methoxy groups -OCH3 is 2. The maximum atomic E-state index is 6.29. The van der Waals surface area contributed by atoms with Crippen LogP contribution in [-0.2, 0) is 0 Å². The van der Waals surface area contributed by atoms with E-state index >= 15 is 0 Å². The largest absolute Gasteiger partial charge is 0.493 e. The van der Waals surface area contributed by atoms with Crippen molar-refractivity contribution in [3.8, 4) is 45.4 Å². The molecule has 0 unspecified atom stereocenters. The van der Waals surface area contributed by atoms with E-state index in [0.717, 1.165) is 46.5 Å². The number of aryl methyl sites for hydroxylation is 2. The summed E-state index contributed by atoms with van der Waals surface area (Å²) >= 11 is 15.7. The second kappa shape index (κ2) is 8.03. The normalized spacial score (nSPS) is 11.1. The van der Waals surface area contributed by atoms with Gasteiger partial charge in [-0.05, 0) is 38.1 Å². The zero-order valence-electron chi connectivity index (χ0n) is 16.2. The number of aromatic nitrogens is 2. The molecular weight excluding hydrogens is 447 g/mol. The fourth-order valence-electron chi connectivity index (χ4n) is 3.34. The lowest BCUT2D eigenvalue weighted by Crippen LogP contribution is -1.94. The number of halogens is 2. The Balaban J connectivity index is 1.98. The Bertz CT molecular complexity index is 1130. The molecule has 4 aromatic rings. The number of nitrogens with zero attached hydrogens (tertiary/aromatic N) is 1. The summed E-state index contributed by atoms with van der Waals surface area (Å²) in [6, 6.07) is 9.65. The summed E-state index contributed by atoms with van der Waals surface area (Å²) in [7, 11) is 3.24. The molecule has 4 rings (SSSR count). The van der Waals surface area contributed by atoms with Gasteiger partial charge in [0.2, 0.25) is 0 Å². The molecule has 150 valence electrons. The van der Waals surface area contributed by atoms with Gasteiger partial charge in [0.15, 0.2) is 11.5 Å². The molecule has 0 saturated heterocycles. The average Bonchev–Trinajstić information content (AvgIpc) is 3.36. The van der Waals surface area contributed by atoms with E-state index in [1.807, 2.05) is 37.3 Å². The topological polar surface area (TPSA) is 47.1 Å². The van der Waals surface area contributed by atoms with Crippen molar-refractivity contribution >= 4 is 45.9 Å². The highest BCUT2D eigenvalue weighted by Crippen LogP contribution is 2.44. The lowest BCUT2D eigenvalue weighted by molar-refractivity contribution is 0.356. The van der Waals surface area contributed by atoms with Gasteiger partial charge in [-0.15, -0.1) is 22.7 Å². The quantitative estimate of drug-likeness (QED) is 0.333. The Morgan fingerprint density at radius 1 is 0.897 bits per heavy atom. The Labute approximate surface area is 187 Å². The van der Waals surface area contributed by atoms with Crippen molar-refractivity contribution in [3.05, 3.63) is 48.8 Å². The first kappa shape index (κ1) is 20.3. The van der Waals surface area contributed by atoms with Crippen molar-refractivity contribution in [1.82, 2.24) is 9.97 Å². The van der Waals surface area contributed by atoms with Gasteiger partial charge in [-0.1, -0.05) is 29.3 Å². The van der Waals surface area contributed by atoms with Crippen LogP contribution in [0.5, 0.6) is 11.5 Å². The van der Waals surface area contributed by atoms with Crippen LogP contribution in [0.15, 0.2) is 30.3 Å². The van der Waals surface area contributed by atoms with Gasteiger partial charge in [-0.3, -0.25) is 0 Å². The molecule has 1 N–H and O–H groups in total. The molecule has 0 atom stereocenters. The number of imidazole rings is 1. The van der Waals surface area contributed by atoms with Gasteiger partial charge in [-0.2, -0.15) is 0 Å². The summed E-state index contributed by atoms with van der Waals surface area (Å²) in [5.74, 6) is 1.96. The Morgan fingerprint density at radius 3 is 2.10 bits per heavy atom. The SMILES string of the molecule is COc1cccc(-c2nc(-c3cc(Cl)sc3C)c(-c3cc(Cl)sc3C)[nH]2)c1OC. The molecule has 3 heterocycles. The minimum Gasteiger partial charge on any atom is -0.493 e. The predicted octanol–water partition coefficient (Wildman–Crippen LogP) is 7.47. The number of nitrogens with one attached hydrogen (secondary N) is 1. The zero-order chi connectivity index (χ0) is 20.7. The number of H-pyrrole nitrogens is 1. The van der Waals surface area contributed by atoms with Crippen molar-refractivity contribution in [2.45, 2.75) is 13.8 Å². The van der Waals surface area contributed by atoms with Crippen LogP contribution in [0, 0.1) is 13.8 Å². The van der Waals surface area contributed by atoms with Crippen LogP contribution in [0.3, 0.4) is 0 Å². The number of benzene rings is 1. The van der Waals surface area contributed by atoms with Gasteiger partial charge in [0.25, 0.3) is 0 Å². The Kier molecular flexibility index (Phi) is 5.62. The Morgan fingerprint density at radius 2 is 1.55 bits per heavy atom. The highest BCUT2D eigenvalue weighted by molar-refractivity contribution is 7.17. The van der Waals surface area contributed by atoms with Crippen LogP contribution in [0.25, 0.3) is 33.9 Å². The third kappa shape index (κ3) is 3.66. The smallest absolute Gasteiger partial charge is 0.171 e. The van der Waals surface area contributed by atoms with E-state index in [0.29, 0.717) is 17.3 Å². The molecule has 0 aliphatic rings. The number of ether oxygens (including phenoxy) is 2. The molecule has 1 aromatic carbocycles. The summed E-state index contributed by atoms with van der Waals surface area (Å²) in [5, 5.41) is 0. The van der Waals surface area contributed by atoms with Crippen LogP contribution >= 0.6 is 45.9 Å². The first-order valence-electron chi connectivity index (χ1n) is 8.77. The highest BCUT2D eigenvalue weighted by atomic mass is 35.5. The minimum absolute atomic E-state index is 0.627. The average molecular weight is 465 g/mol. The lowest BCUT2D eigenvalue weighted by Gasteiger charge is -2.10. The van der Waals surface area contributed by atoms with Crippen molar-refractivity contribution < 1.29 is 9.47 Å². The molecule has 4 nitrogen and oxygen atoms in total. The zero-order valence-corrected chi connectivity index (χ0v) is 19.4. The summed E-state index contributed by atoms with van der Waals surface area (Å²) in [6.45, 7) is 4.10. The van der Waals surface area contributed by atoms with Gasteiger partial charge in [0, 0.05) is 20.9 Å². The van der Waals surface area contributed by atoms with Gasteiger partial charge in [0.05, 0.1) is 39.8 Å². The molecule has 0 amide bonds. The van der Waals surface area contributed by atoms with Crippen LogP contribution in [0.4, 0.5) is 0 Å². The third-order valence-electron chi connectivity index (χ3n) is 4.66. The number of para-hydroxylation sites is 1. The van der Waals surface area contributed by atoms with E-state index in [-0.39, 0.29) is 0 Å². The number of hydrogen-bond acceptors (Lipinski definition) is 5. The molecule has 0 bridgehead atoms. The molecule has 3 aromatic heterocycles. The van der Waals surface area contributed by atoms with E-state index in [9.17, 15) is 0 Å². The Hall–Kier alpha value is -1.99. The van der Waals surface area contributed by atoms with Crippen molar-refractivity contribution in [3.63, 3.8) is 0 Å². The fraction of sp³-hybridized carbons (Fsp3) is 0.190. The highest BCUT2D eigenvalue weighted by Gasteiger charge is 2.23. The molecule has 0 saturated carbocycles. The third-order valence-corrected chi connectivity index (χ3v) is 7.02. The molecular formula is C21H18Cl2N2O2S2. The summed E-state index contributed by atoms with van der Waals surface area (Å²) in [4.78, 5) is 10.7. The molecule has 0 aliphatic carbocycles. The van der Waals surface area contributed by atoms with E-state index in [2.05, 4.69) is 11.9 Å². The number of aromatic amines is 1. The molecule has 8 heteroatoms. The molecule has 0 fully saturated rings. The van der Waals surface area contributed by atoms with Crippen molar-refractivity contribution in [2.24, 2.45) is 0 Å². The molecule has 0 spiro atoms. The van der Waals surface area contributed by atoms with Crippen LogP contribution in [-0.4, -0.2) is 24.2 Å². The predicted molar refractivity (Wildman–Crippen MR) is 123 cm³/mol. The summed E-state index contributed by atoms with van der Waals surface area (Å²) in [5.41, 5.74) is 4.59. The maximum absolute atomic E-state index is 6.29. The van der Waals surface area contributed by atoms with Crippen LogP contribution in [0.1, 0.15) is 9.75 Å². The van der Waals surface area contributed by atoms with Gasteiger partial charge in [-0.25, -0.2) is 4.98 Å². The number of rotatable bonds is 5. The number of thiophene rings is 2. The lowest BCUT2D eigenvalue weighted by atomic mass is 10.1. The van der Waals surface area contributed by atoms with Crippen LogP contribution in [0.2, 0.25) is 8.67 Å². The monoisotopic (exact) mass is 464 g/mol.